The predicted octanol–water partition coefficient (Wildman–Crippen LogP) is 5.81. The van der Waals surface area contributed by atoms with E-state index in [4.69, 9.17) is 17.8 Å². The van der Waals surface area contributed by atoms with Gasteiger partial charge in [0.25, 0.3) is 20.2 Å². The fourth-order valence-electron chi connectivity index (χ4n) is 4.70. The zero-order chi connectivity index (χ0) is 28.8. The quantitative estimate of drug-likeness (QED) is 0.223. The molecule has 2 aliphatic rings. The average molecular weight is 597 g/mol. The molecule has 0 spiro atoms. The molecule has 0 atom stereocenters. The molecular weight excluding hydrogens is 552 g/mol. The van der Waals surface area contributed by atoms with Gasteiger partial charge in [0.05, 0.1) is 23.0 Å². The normalized spacial score (nSPS) is 17.2. The lowest BCUT2D eigenvalue weighted by Crippen LogP contribution is -2.16. The monoisotopic (exact) mass is 596 g/mol. The Morgan fingerprint density at radius 2 is 0.925 bits per heavy atom. The van der Waals surface area contributed by atoms with Gasteiger partial charge in [0.2, 0.25) is 0 Å². The largest absolute Gasteiger partial charge is 0.381 e. The van der Waals surface area contributed by atoms with Crippen LogP contribution in [0.3, 0.4) is 0 Å². The summed E-state index contributed by atoms with van der Waals surface area (Å²) in [5.74, 6) is 1.30. The van der Waals surface area contributed by atoms with Crippen LogP contribution in [-0.2, 0) is 38.1 Å². The minimum atomic E-state index is -3.60. The maximum absolute atomic E-state index is 12.0. The van der Waals surface area contributed by atoms with Crippen molar-refractivity contribution in [2.24, 2.45) is 11.8 Å². The van der Waals surface area contributed by atoms with Crippen LogP contribution in [0.2, 0.25) is 0 Å². The lowest BCUT2D eigenvalue weighted by molar-refractivity contribution is 0.0620. The third kappa shape index (κ3) is 11.6. The number of ether oxygens (including phenoxy) is 2. The first-order valence-corrected chi connectivity index (χ1v) is 17.0. The molecule has 2 aromatic rings. The SMILES string of the molecule is Cc1ccc(S(=O)(=O)OCCCC2CCOCC2)cc1.Cc1ccc(S(=O)(=O)OCCCC2CCOCC2)cc1. The van der Waals surface area contributed by atoms with E-state index in [1.807, 2.05) is 13.8 Å². The third-order valence-corrected chi connectivity index (χ3v) is 9.94. The molecule has 0 N–H and O–H groups in total. The summed E-state index contributed by atoms with van der Waals surface area (Å²) in [4.78, 5) is 0.461. The molecule has 0 radical (unpaired) electrons. The van der Waals surface area contributed by atoms with Gasteiger partial charge in [-0.05, 0) is 101 Å². The first kappa shape index (κ1) is 32.7. The standard InChI is InChI=1S/2C15H22O4S/c2*1-13-4-6-15(7-5-13)20(16,17)19-10-2-3-14-8-11-18-12-9-14/h2*4-7,14H,2-3,8-12H2,1H3. The van der Waals surface area contributed by atoms with Crippen molar-refractivity contribution >= 4 is 20.2 Å². The van der Waals surface area contributed by atoms with Gasteiger partial charge in [-0.1, -0.05) is 35.4 Å². The number of aryl methyl sites for hydroxylation is 2. The molecule has 2 saturated heterocycles. The Morgan fingerprint density at radius 3 is 1.25 bits per heavy atom. The summed E-state index contributed by atoms with van der Waals surface area (Å²) < 4.78 is 68.6. The molecule has 0 amide bonds. The van der Waals surface area contributed by atoms with Crippen LogP contribution < -0.4 is 0 Å². The van der Waals surface area contributed by atoms with Crippen LogP contribution in [0, 0.1) is 25.7 Å². The highest BCUT2D eigenvalue weighted by Gasteiger charge is 2.18. The van der Waals surface area contributed by atoms with Gasteiger partial charge in [0.1, 0.15) is 0 Å². The molecular formula is C30H44O8S2. The summed E-state index contributed by atoms with van der Waals surface area (Å²) in [5.41, 5.74) is 2.06. The molecule has 0 aliphatic carbocycles. The molecule has 0 saturated carbocycles. The molecule has 224 valence electrons. The smallest absolute Gasteiger partial charge is 0.296 e. The lowest BCUT2D eigenvalue weighted by Gasteiger charge is -2.21. The Bertz CT molecular complexity index is 1100. The second kappa shape index (κ2) is 16.6. The van der Waals surface area contributed by atoms with Crippen molar-refractivity contribution in [2.75, 3.05) is 39.6 Å². The molecule has 2 aliphatic heterocycles. The lowest BCUT2D eigenvalue weighted by atomic mass is 9.95. The fraction of sp³-hybridized carbons (Fsp3) is 0.600. The van der Waals surface area contributed by atoms with Gasteiger partial charge < -0.3 is 9.47 Å². The van der Waals surface area contributed by atoms with E-state index in [0.717, 1.165) is 88.9 Å². The van der Waals surface area contributed by atoms with Crippen molar-refractivity contribution in [3.05, 3.63) is 59.7 Å². The van der Waals surface area contributed by atoms with Gasteiger partial charge in [-0.25, -0.2) is 0 Å². The Morgan fingerprint density at radius 1 is 0.600 bits per heavy atom. The molecule has 8 nitrogen and oxygen atoms in total. The first-order chi connectivity index (χ1) is 19.2. The number of hydrogen-bond acceptors (Lipinski definition) is 8. The van der Waals surface area contributed by atoms with Gasteiger partial charge in [-0.3, -0.25) is 8.37 Å². The van der Waals surface area contributed by atoms with E-state index in [-0.39, 0.29) is 23.0 Å². The van der Waals surface area contributed by atoms with Gasteiger partial charge in [-0.2, -0.15) is 16.8 Å². The Labute approximate surface area is 240 Å². The molecule has 0 aromatic heterocycles. The molecule has 10 heteroatoms. The minimum Gasteiger partial charge on any atom is -0.381 e. The molecule has 4 rings (SSSR count). The Hall–Kier alpha value is -1.82. The van der Waals surface area contributed by atoms with Crippen molar-refractivity contribution < 1.29 is 34.7 Å². The fourth-order valence-corrected chi connectivity index (χ4v) is 6.58. The van der Waals surface area contributed by atoms with E-state index in [9.17, 15) is 16.8 Å². The summed E-state index contributed by atoms with van der Waals surface area (Å²) in [5, 5.41) is 0. The average Bonchev–Trinajstić information content (AvgIpc) is 2.95. The summed E-state index contributed by atoms with van der Waals surface area (Å²) in [7, 11) is -7.21. The summed E-state index contributed by atoms with van der Waals surface area (Å²) in [6.45, 7) is 7.66. The van der Waals surface area contributed by atoms with E-state index in [0.29, 0.717) is 11.8 Å². The summed E-state index contributed by atoms with van der Waals surface area (Å²) in [6.07, 6.45) is 7.86. The zero-order valence-corrected chi connectivity index (χ0v) is 25.4. The van der Waals surface area contributed by atoms with Crippen LogP contribution in [0.1, 0.15) is 62.5 Å². The van der Waals surface area contributed by atoms with E-state index >= 15 is 0 Å². The van der Waals surface area contributed by atoms with Gasteiger partial charge in [0.15, 0.2) is 0 Å². The number of benzene rings is 2. The molecule has 2 heterocycles. The van der Waals surface area contributed by atoms with Crippen molar-refractivity contribution in [3.8, 4) is 0 Å². The van der Waals surface area contributed by atoms with Crippen LogP contribution in [0.5, 0.6) is 0 Å². The van der Waals surface area contributed by atoms with Gasteiger partial charge in [-0.15, -0.1) is 0 Å². The number of rotatable bonds is 12. The van der Waals surface area contributed by atoms with Crippen LogP contribution >= 0.6 is 0 Å². The third-order valence-electron chi connectivity index (χ3n) is 7.29. The van der Waals surface area contributed by atoms with Crippen LogP contribution in [0.15, 0.2) is 58.3 Å². The van der Waals surface area contributed by atoms with Crippen molar-refractivity contribution in [3.63, 3.8) is 0 Å². The molecule has 40 heavy (non-hydrogen) atoms. The predicted molar refractivity (Wildman–Crippen MR) is 154 cm³/mol. The van der Waals surface area contributed by atoms with E-state index in [1.54, 1.807) is 48.5 Å². The first-order valence-electron chi connectivity index (χ1n) is 14.2. The van der Waals surface area contributed by atoms with E-state index in [2.05, 4.69) is 0 Å². The van der Waals surface area contributed by atoms with Crippen molar-refractivity contribution in [1.82, 2.24) is 0 Å². The highest BCUT2D eigenvalue weighted by atomic mass is 32.2. The topological polar surface area (TPSA) is 105 Å². The molecule has 2 fully saturated rings. The number of hydrogen-bond donors (Lipinski definition) is 0. The van der Waals surface area contributed by atoms with Gasteiger partial charge in [0, 0.05) is 26.4 Å². The second-order valence-electron chi connectivity index (χ2n) is 10.6. The second-order valence-corrected chi connectivity index (χ2v) is 13.8. The van der Waals surface area contributed by atoms with Crippen LogP contribution in [0.4, 0.5) is 0 Å². The Balaban J connectivity index is 0.000000220. The molecule has 2 aromatic carbocycles. The summed E-state index contributed by atoms with van der Waals surface area (Å²) >= 11 is 0. The van der Waals surface area contributed by atoms with Crippen LogP contribution in [-0.4, -0.2) is 56.5 Å². The maximum atomic E-state index is 12.0. The Kier molecular flexibility index (Phi) is 13.6. The minimum absolute atomic E-state index is 0.231. The van der Waals surface area contributed by atoms with E-state index in [1.165, 1.54) is 0 Å². The molecule has 0 unspecified atom stereocenters. The summed E-state index contributed by atoms with van der Waals surface area (Å²) in [6, 6.07) is 13.5. The zero-order valence-electron chi connectivity index (χ0n) is 23.8. The van der Waals surface area contributed by atoms with Crippen molar-refractivity contribution in [2.45, 2.75) is 75.0 Å². The van der Waals surface area contributed by atoms with Crippen molar-refractivity contribution in [1.29, 1.82) is 0 Å². The molecule has 0 bridgehead atoms. The highest BCUT2D eigenvalue weighted by Crippen LogP contribution is 2.22. The highest BCUT2D eigenvalue weighted by molar-refractivity contribution is 7.87. The maximum Gasteiger partial charge on any atom is 0.296 e. The van der Waals surface area contributed by atoms with Crippen LogP contribution in [0.25, 0.3) is 0 Å². The van der Waals surface area contributed by atoms with Gasteiger partial charge >= 0.3 is 0 Å². The van der Waals surface area contributed by atoms with E-state index < -0.39 is 20.2 Å².